The maximum absolute atomic E-state index is 12.8. The van der Waals surface area contributed by atoms with Gasteiger partial charge in [-0.3, -0.25) is 4.79 Å². The van der Waals surface area contributed by atoms with Crippen LogP contribution in [0.3, 0.4) is 0 Å². The lowest BCUT2D eigenvalue weighted by Crippen LogP contribution is -2.47. The first-order valence-corrected chi connectivity index (χ1v) is 13.2. The van der Waals surface area contributed by atoms with E-state index in [0.29, 0.717) is 62.3 Å². The molecule has 3 unspecified atom stereocenters. The van der Waals surface area contributed by atoms with Gasteiger partial charge >= 0.3 is 0 Å². The van der Waals surface area contributed by atoms with Gasteiger partial charge in [0.15, 0.2) is 17.3 Å². The predicted molar refractivity (Wildman–Crippen MR) is 147 cm³/mol. The second kappa shape index (κ2) is 11.6. The largest absolute Gasteiger partial charge is 0.495 e. The third-order valence-corrected chi connectivity index (χ3v) is 7.21. The SMILES string of the molecule is CC1C=CC=C2OCCOCCOCCN(C)C(=O)c3ccc(cc3)-c3cnc(N)c(n3)C3=CC(C)(NO3)C21. The summed E-state index contributed by atoms with van der Waals surface area (Å²) in [4.78, 5) is 29.6. The van der Waals surface area contributed by atoms with E-state index in [4.69, 9.17) is 29.8 Å². The zero-order valence-electron chi connectivity index (χ0n) is 22.6. The van der Waals surface area contributed by atoms with Gasteiger partial charge < -0.3 is 29.7 Å². The maximum Gasteiger partial charge on any atom is 0.253 e. The predicted octanol–water partition coefficient (Wildman–Crippen LogP) is 3.20. The van der Waals surface area contributed by atoms with E-state index >= 15 is 0 Å². The van der Waals surface area contributed by atoms with Crippen LogP contribution in [0, 0.1) is 11.8 Å². The Morgan fingerprint density at radius 2 is 1.79 bits per heavy atom. The Morgan fingerprint density at radius 3 is 2.59 bits per heavy atom. The van der Waals surface area contributed by atoms with Crippen LogP contribution in [-0.4, -0.2) is 72.9 Å². The molecule has 3 atom stereocenters. The second-order valence-corrected chi connectivity index (χ2v) is 10.2. The molecule has 3 aliphatic heterocycles. The lowest BCUT2D eigenvalue weighted by Gasteiger charge is -2.37. The number of nitrogens with one attached hydrogen (secondary N) is 1. The number of carbonyl (C=O) groups excluding carboxylic acids is 1. The molecule has 0 saturated heterocycles. The van der Waals surface area contributed by atoms with E-state index in [9.17, 15) is 4.79 Å². The number of hydrogen-bond donors (Lipinski definition) is 2. The average molecular weight is 534 g/mol. The molecule has 1 aromatic heterocycles. The van der Waals surface area contributed by atoms with Gasteiger partial charge in [0, 0.05) is 30.6 Å². The summed E-state index contributed by atoms with van der Waals surface area (Å²) < 4.78 is 17.5. The summed E-state index contributed by atoms with van der Waals surface area (Å²) in [6.07, 6.45) is 9.77. The van der Waals surface area contributed by atoms with Crippen molar-refractivity contribution >= 4 is 17.5 Å². The number of rotatable bonds is 0. The lowest BCUT2D eigenvalue weighted by atomic mass is 9.74. The number of anilines is 1. The molecule has 39 heavy (non-hydrogen) atoms. The molecule has 1 aliphatic carbocycles. The minimum atomic E-state index is -0.590. The number of nitrogens with zero attached hydrogens (tertiary/aromatic N) is 3. The number of nitrogen functional groups attached to an aromatic ring is 1. The Balaban J connectivity index is 1.47. The molecule has 6 rings (SSSR count). The number of carbonyl (C=O) groups is 1. The van der Waals surface area contributed by atoms with Crippen LogP contribution in [0.25, 0.3) is 17.0 Å². The quantitative estimate of drug-likeness (QED) is 0.492. The number of ether oxygens (including phenoxy) is 3. The standard InChI is InChI=1S/C29H35N5O5/c1-19-5-4-6-23-25(19)29(2)17-24(39-33-29)26-27(30)31-18-22(32-26)20-7-9-21(10-8-20)28(35)34(3)11-12-36-13-14-37-15-16-38-23/h4-10,17-19,25,33H,11-16H2,1-3H3,(H2,30,31). The Hall–Kier alpha value is -3.73. The van der Waals surface area contributed by atoms with Gasteiger partial charge in [-0.25, -0.2) is 9.97 Å². The molecular weight excluding hydrogens is 498 g/mol. The third kappa shape index (κ3) is 5.83. The topological polar surface area (TPSA) is 121 Å². The normalized spacial score (nSPS) is 26.2. The van der Waals surface area contributed by atoms with Crippen LogP contribution in [0.15, 0.2) is 60.5 Å². The molecule has 0 spiro atoms. The van der Waals surface area contributed by atoms with Crippen molar-refractivity contribution in [1.82, 2.24) is 20.3 Å². The number of likely N-dealkylation sites (N-methyl/N-ethyl adjacent to an activating group) is 1. The van der Waals surface area contributed by atoms with Crippen molar-refractivity contribution in [2.45, 2.75) is 19.4 Å². The molecule has 3 N–H and O–H groups in total. The van der Waals surface area contributed by atoms with E-state index < -0.39 is 5.54 Å². The number of hydrogen-bond acceptors (Lipinski definition) is 9. The molecule has 0 saturated carbocycles. The first kappa shape index (κ1) is 26.9. The van der Waals surface area contributed by atoms with E-state index in [-0.39, 0.29) is 23.6 Å². The van der Waals surface area contributed by atoms with E-state index in [1.807, 2.05) is 30.4 Å². The highest BCUT2D eigenvalue weighted by molar-refractivity contribution is 5.94. The average Bonchev–Trinajstić information content (AvgIpc) is 3.33. The lowest BCUT2D eigenvalue weighted by molar-refractivity contribution is 0.0111. The van der Waals surface area contributed by atoms with Crippen molar-refractivity contribution in [3.63, 3.8) is 0 Å². The molecule has 4 heterocycles. The van der Waals surface area contributed by atoms with Gasteiger partial charge in [-0.2, -0.15) is 0 Å². The Morgan fingerprint density at radius 1 is 1.08 bits per heavy atom. The Kier molecular flexibility index (Phi) is 7.97. The van der Waals surface area contributed by atoms with Gasteiger partial charge in [0.2, 0.25) is 0 Å². The van der Waals surface area contributed by atoms with Crippen LogP contribution in [0.5, 0.6) is 0 Å². The highest BCUT2D eigenvalue weighted by atomic mass is 16.7. The molecule has 2 aromatic rings. The van der Waals surface area contributed by atoms with Crippen LogP contribution in [0.2, 0.25) is 0 Å². The summed E-state index contributed by atoms with van der Waals surface area (Å²) in [5.41, 5.74) is 11.3. The molecule has 206 valence electrons. The van der Waals surface area contributed by atoms with Crippen molar-refractivity contribution in [3.05, 3.63) is 71.8 Å². The summed E-state index contributed by atoms with van der Waals surface area (Å²) in [6.45, 7) is 6.83. The molecule has 1 amide bonds. The second-order valence-electron chi connectivity index (χ2n) is 10.2. The first-order valence-electron chi connectivity index (χ1n) is 13.2. The summed E-state index contributed by atoms with van der Waals surface area (Å²) in [7, 11) is 1.76. The molecule has 4 aliphatic rings. The van der Waals surface area contributed by atoms with Crippen molar-refractivity contribution in [2.24, 2.45) is 11.8 Å². The number of allylic oxidation sites excluding steroid dienone is 3. The highest BCUT2D eigenvalue weighted by Gasteiger charge is 2.44. The Bertz CT molecular complexity index is 1290. The fourth-order valence-electron chi connectivity index (χ4n) is 5.11. The van der Waals surface area contributed by atoms with Crippen LogP contribution in [-0.2, 0) is 19.0 Å². The van der Waals surface area contributed by atoms with Crippen molar-refractivity contribution in [3.8, 4) is 11.3 Å². The van der Waals surface area contributed by atoms with Crippen molar-refractivity contribution in [1.29, 1.82) is 0 Å². The summed E-state index contributed by atoms with van der Waals surface area (Å²) in [6, 6.07) is 7.27. The summed E-state index contributed by atoms with van der Waals surface area (Å²) in [5, 5.41) is 0. The molecule has 1 aromatic carbocycles. The first-order chi connectivity index (χ1) is 18.9. The van der Waals surface area contributed by atoms with E-state index in [1.165, 1.54) is 0 Å². The van der Waals surface area contributed by atoms with Crippen LogP contribution < -0.4 is 11.2 Å². The van der Waals surface area contributed by atoms with Gasteiger partial charge in [0.1, 0.15) is 12.4 Å². The molecule has 0 fully saturated rings. The molecular formula is C29H35N5O5. The van der Waals surface area contributed by atoms with Gasteiger partial charge in [-0.15, -0.1) is 5.48 Å². The third-order valence-electron chi connectivity index (χ3n) is 7.21. The summed E-state index contributed by atoms with van der Waals surface area (Å²) >= 11 is 0. The van der Waals surface area contributed by atoms with Crippen molar-refractivity contribution < 1.29 is 23.8 Å². The van der Waals surface area contributed by atoms with Gasteiger partial charge in [0.25, 0.3) is 5.91 Å². The van der Waals surface area contributed by atoms with Crippen LogP contribution in [0.1, 0.15) is 29.9 Å². The minimum absolute atomic E-state index is 0.0376. The number of benzene rings is 1. The fraction of sp³-hybridized carbons (Fsp3) is 0.414. The minimum Gasteiger partial charge on any atom is -0.495 e. The van der Waals surface area contributed by atoms with E-state index in [2.05, 4.69) is 30.4 Å². The number of fused-ring (bicyclic) bond motifs is 12. The van der Waals surface area contributed by atoms with E-state index in [1.54, 1.807) is 30.3 Å². The van der Waals surface area contributed by atoms with Gasteiger partial charge in [-0.1, -0.05) is 31.2 Å². The number of aromatic nitrogens is 2. The Labute approximate surface area is 228 Å². The maximum atomic E-state index is 12.8. The molecule has 6 bridgehead atoms. The van der Waals surface area contributed by atoms with E-state index in [0.717, 1.165) is 11.3 Å². The monoisotopic (exact) mass is 533 g/mol. The van der Waals surface area contributed by atoms with Gasteiger partial charge in [-0.05, 0) is 37.1 Å². The fourth-order valence-corrected chi connectivity index (χ4v) is 5.11. The molecule has 0 radical (unpaired) electrons. The smallest absolute Gasteiger partial charge is 0.253 e. The van der Waals surface area contributed by atoms with Crippen LogP contribution in [0.4, 0.5) is 5.82 Å². The number of nitrogens with two attached hydrogens (primary N) is 1. The highest BCUT2D eigenvalue weighted by Crippen LogP contribution is 2.41. The molecule has 10 nitrogen and oxygen atoms in total. The van der Waals surface area contributed by atoms with Crippen molar-refractivity contribution in [2.75, 3.05) is 52.4 Å². The molecule has 10 heteroatoms. The van der Waals surface area contributed by atoms with Crippen LogP contribution >= 0.6 is 0 Å². The number of amides is 1. The number of hydroxylamine groups is 1. The van der Waals surface area contributed by atoms with Gasteiger partial charge in [0.05, 0.1) is 43.9 Å². The zero-order valence-corrected chi connectivity index (χ0v) is 22.6. The zero-order chi connectivity index (χ0) is 27.4. The summed E-state index contributed by atoms with van der Waals surface area (Å²) in [5.74, 6) is 1.66.